The van der Waals surface area contributed by atoms with E-state index in [1.807, 2.05) is 0 Å². The van der Waals surface area contributed by atoms with Gasteiger partial charge in [0.1, 0.15) is 0 Å². The lowest BCUT2D eigenvalue weighted by atomic mass is 9.93. The molecule has 1 aromatic rings. The molecule has 27 heavy (non-hydrogen) atoms. The maximum Gasteiger partial charge on any atom is 0.308 e. The Hall–Kier alpha value is -2.53. The lowest BCUT2D eigenvalue weighted by Gasteiger charge is -2.37. The first kappa shape index (κ1) is 20.8. The number of likely N-dealkylation sites (tertiary alicyclic amines) is 1. The van der Waals surface area contributed by atoms with Crippen LogP contribution in [0.15, 0.2) is 29.2 Å². The maximum absolute atomic E-state index is 12.6. The van der Waals surface area contributed by atoms with Crippen molar-refractivity contribution in [2.45, 2.75) is 30.7 Å². The van der Waals surface area contributed by atoms with Crippen molar-refractivity contribution >= 4 is 27.6 Å². The Morgan fingerprint density at radius 3 is 2.63 bits per heavy atom. The van der Waals surface area contributed by atoms with E-state index in [2.05, 4.69) is 0 Å². The molecule has 0 radical (unpaired) electrons. The number of likely N-dealkylation sites (N-methyl/N-ethyl adjacent to an activating group) is 1. The van der Waals surface area contributed by atoms with Crippen molar-refractivity contribution in [3.8, 4) is 0 Å². The van der Waals surface area contributed by atoms with E-state index in [0.29, 0.717) is 12.8 Å². The van der Waals surface area contributed by atoms with Gasteiger partial charge in [-0.15, -0.1) is 0 Å². The number of nitrogens with zero attached hydrogens (tertiary/aromatic N) is 3. The Balaban J connectivity index is 2.16. The van der Waals surface area contributed by atoms with Gasteiger partial charge in [-0.05, 0) is 25.8 Å². The fraction of sp³-hybridized carbons (Fsp3) is 0.500. The minimum atomic E-state index is -4.11. The Morgan fingerprint density at radius 1 is 1.37 bits per heavy atom. The molecule has 2 atom stereocenters. The molecule has 1 saturated heterocycles. The zero-order valence-corrected chi connectivity index (χ0v) is 15.8. The van der Waals surface area contributed by atoms with Gasteiger partial charge in [0, 0.05) is 31.8 Å². The van der Waals surface area contributed by atoms with E-state index < -0.39 is 39.3 Å². The topological polar surface area (TPSA) is 138 Å². The average Bonchev–Trinajstić information content (AvgIpc) is 2.61. The van der Waals surface area contributed by atoms with Gasteiger partial charge in [0.2, 0.25) is 15.9 Å². The van der Waals surface area contributed by atoms with Crippen molar-refractivity contribution in [2.24, 2.45) is 5.92 Å². The molecule has 1 aliphatic rings. The van der Waals surface area contributed by atoms with E-state index >= 15 is 0 Å². The summed E-state index contributed by atoms with van der Waals surface area (Å²) in [5, 5.41) is 20.0. The first-order valence-electron chi connectivity index (χ1n) is 8.27. The smallest absolute Gasteiger partial charge is 0.308 e. The molecule has 2 unspecified atom stereocenters. The zero-order chi connectivity index (χ0) is 20.4. The SMILES string of the molecule is CC1CCC(C(=O)O)CN1C(=O)CN(C)S(=O)(=O)c1cccc([N+](=O)[O-])c1. The molecule has 1 N–H and O–H groups in total. The van der Waals surface area contributed by atoms with E-state index in [4.69, 9.17) is 5.11 Å². The minimum Gasteiger partial charge on any atom is -0.481 e. The van der Waals surface area contributed by atoms with E-state index in [-0.39, 0.29) is 23.2 Å². The highest BCUT2D eigenvalue weighted by Gasteiger charge is 2.34. The number of carbonyl (C=O) groups is 2. The number of non-ortho nitro benzene ring substituents is 1. The molecular weight excluding hydrogens is 378 g/mol. The number of nitro groups is 1. The molecule has 1 amide bonds. The molecule has 1 heterocycles. The predicted octanol–water partition coefficient (Wildman–Crippen LogP) is 0.927. The Morgan fingerprint density at radius 2 is 2.04 bits per heavy atom. The molecule has 0 saturated carbocycles. The second-order valence-corrected chi connectivity index (χ2v) is 8.57. The Kier molecular flexibility index (Phi) is 6.16. The number of aliphatic carboxylic acids is 1. The van der Waals surface area contributed by atoms with Gasteiger partial charge in [-0.1, -0.05) is 6.07 Å². The number of piperidine rings is 1. The fourth-order valence-corrected chi connectivity index (χ4v) is 4.12. The van der Waals surface area contributed by atoms with Gasteiger partial charge in [0.15, 0.2) is 0 Å². The summed E-state index contributed by atoms with van der Waals surface area (Å²) >= 11 is 0. The first-order valence-corrected chi connectivity index (χ1v) is 9.71. The van der Waals surface area contributed by atoms with E-state index in [1.54, 1.807) is 6.92 Å². The Labute approximate surface area is 156 Å². The van der Waals surface area contributed by atoms with E-state index in [9.17, 15) is 28.1 Å². The van der Waals surface area contributed by atoms with Crippen LogP contribution in [-0.2, 0) is 19.6 Å². The summed E-state index contributed by atoms with van der Waals surface area (Å²) in [6.45, 7) is 1.33. The van der Waals surface area contributed by atoms with Crippen LogP contribution < -0.4 is 0 Å². The number of sulfonamides is 1. The molecule has 148 valence electrons. The summed E-state index contributed by atoms with van der Waals surface area (Å²) in [7, 11) is -2.91. The summed E-state index contributed by atoms with van der Waals surface area (Å²) in [6, 6.07) is 4.38. The highest BCUT2D eigenvalue weighted by atomic mass is 32.2. The largest absolute Gasteiger partial charge is 0.481 e. The van der Waals surface area contributed by atoms with Gasteiger partial charge >= 0.3 is 5.97 Å². The fourth-order valence-electron chi connectivity index (χ4n) is 2.96. The van der Waals surface area contributed by atoms with Crippen molar-refractivity contribution in [3.05, 3.63) is 34.4 Å². The van der Waals surface area contributed by atoms with Gasteiger partial charge in [-0.25, -0.2) is 8.42 Å². The van der Waals surface area contributed by atoms with E-state index in [0.717, 1.165) is 10.4 Å². The number of nitro benzene ring substituents is 1. The Bertz CT molecular complexity index is 855. The third-order valence-corrected chi connectivity index (χ3v) is 6.45. The molecule has 1 aliphatic heterocycles. The summed E-state index contributed by atoms with van der Waals surface area (Å²) in [5.74, 6) is -2.17. The number of carboxylic acids is 1. The molecule has 2 rings (SSSR count). The summed E-state index contributed by atoms with van der Waals surface area (Å²) in [6.07, 6.45) is 0.978. The number of carboxylic acid groups (broad SMARTS) is 1. The second-order valence-electron chi connectivity index (χ2n) is 6.52. The van der Waals surface area contributed by atoms with E-state index in [1.165, 1.54) is 30.1 Å². The van der Waals surface area contributed by atoms with Crippen LogP contribution in [0.1, 0.15) is 19.8 Å². The number of carbonyl (C=O) groups excluding carboxylic acids is 1. The van der Waals surface area contributed by atoms with Gasteiger partial charge < -0.3 is 10.0 Å². The van der Waals surface area contributed by atoms with Gasteiger partial charge in [0.05, 0.1) is 22.3 Å². The first-order chi connectivity index (χ1) is 12.5. The lowest BCUT2D eigenvalue weighted by molar-refractivity contribution is -0.385. The molecular formula is C16H21N3O7S. The van der Waals surface area contributed by atoms with Gasteiger partial charge in [-0.3, -0.25) is 19.7 Å². The maximum atomic E-state index is 12.6. The highest BCUT2D eigenvalue weighted by Crippen LogP contribution is 2.24. The molecule has 1 fully saturated rings. The quantitative estimate of drug-likeness (QED) is 0.554. The van der Waals surface area contributed by atoms with Crippen molar-refractivity contribution in [2.75, 3.05) is 20.1 Å². The van der Waals surface area contributed by atoms with Crippen LogP contribution in [0.25, 0.3) is 0 Å². The molecule has 10 nitrogen and oxygen atoms in total. The number of amides is 1. The van der Waals surface area contributed by atoms with Crippen LogP contribution in [0.3, 0.4) is 0 Å². The highest BCUT2D eigenvalue weighted by molar-refractivity contribution is 7.89. The van der Waals surface area contributed by atoms with Gasteiger partial charge in [0.25, 0.3) is 5.69 Å². The number of benzene rings is 1. The summed E-state index contributed by atoms with van der Waals surface area (Å²) < 4.78 is 26.0. The monoisotopic (exact) mass is 399 g/mol. The number of rotatable bonds is 6. The van der Waals surface area contributed by atoms with Crippen molar-refractivity contribution in [3.63, 3.8) is 0 Å². The van der Waals surface area contributed by atoms with Crippen molar-refractivity contribution < 1.29 is 28.0 Å². The number of hydrogen-bond acceptors (Lipinski definition) is 6. The van der Waals surface area contributed by atoms with Crippen LogP contribution in [-0.4, -0.2) is 65.7 Å². The van der Waals surface area contributed by atoms with Crippen LogP contribution >= 0.6 is 0 Å². The predicted molar refractivity (Wildman–Crippen MR) is 94.4 cm³/mol. The van der Waals surface area contributed by atoms with Crippen LogP contribution in [0.4, 0.5) is 5.69 Å². The van der Waals surface area contributed by atoms with Crippen LogP contribution in [0.2, 0.25) is 0 Å². The standard InChI is InChI=1S/C16H21N3O7S/c1-11-6-7-12(16(21)22)9-18(11)15(20)10-17(2)27(25,26)14-5-3-4-13(8-14)19(23)24/h3-5,8,11-12H,6-7,9-10H2,1-2H3,(H,21,22). The van der Waals surface area contributed by atoms with Crippen LogP contribution in [0.5, 0.6) is 0 Å². The summed E-state index contributed by atoms with van der Waals surface area (Å²) in [5.41, 5.74) is -0.371. The lowest BCUT2D eigenvalue weighted by Crippen LogP contribution is -2.50. The molecule has 0 aliphatic carbocycles. The molecule has 1 aromatic carbocycles. The molecule has 0 aromatic heterocycles. The average molecular weight is 399 g/mol. The van der Waals surface area contributed by atoms with Gasteiger partial charge in [-0.2, -0.15) is 4.31 Å². The van der Waals surface area contributed by atoms with Crippen molar-refractivity contribution in [1.29, 1.82) is 0 Å². The third kappa shape index (κ3) is 4.61. The summed E-state index contributed by atoms with van der Waals surface area (Å²) in [4.78, 5) is 35.0. The van der Waals surface area contributed by atoms with Crippen molar-refractivity contribution in [1.82, 2.24) is 9.21 Å². The van der Waals surface area contributed by atoms with Crippen LogP contribution in [0, 0.1) is 16.0 Å². The zero-order valence-electron chi connectivity index (χ0n) is 14.9. The minimum absolute atomic E-state index is 0.0278. The molecule has 0 spiro atoms. The third-order valence-electron chi connectivity index (χ3n) is 4.65. The number of hydrogen-bond donors (Lipinski definition) is 1. The molecule has 0 bridgehead atoms. The normalized spacial score (nSPS) is 20.5. The molecule has 11 heteroatoms. The second kappa shape index (κ2) is 8.01.